The summed E-state index contributed by atoms with van der Waals surface area (Å²) in [4.78, 5) is 4.88. The van der Waals surface area contributed by atoms with Crippen LogP contribution in [0.5, 0.6) is 0 Å². The van der Waals surface area contributed by atoms with Crippen LogP contribution in [0.3, 0.4) is 0 Å². The second kappa shape index (κ2) is 5.62. The Balaban J connectivity index is 1.53. The zero-order chi connectivity index (χ0) is 14.9. The van der Waals surface area contributed by atoms with Gasteiger partial charge < -0.3 is 4.90 Å². The van der Waals surface area contributed by atoms with Crippen molar-refractivity contribution in [3.8, 4) is 0 Å². The van der Waals surface area contributed by atoms with Gasteiger partial charge in [-0.1, -0.05) is 48.6 Å². The fourth-order valence-corrected chi connectivity index (χ4v) is 3.54. The first-order chi connectivity index (χ1) is 10.8. The minimum absolute atomic E-state index is 1.01. The molecule has 2 aromatic carbocycles. The quantitative estimate of drug-likeness (QED) is 0.832. The average molecular weight is 290 g/mol. The fraction of sp³-hybridized carbons (Fsp3) is 0.300. The Morgan fingerprint density at radius 2 is 1.91 bits per heavy atom. The molecule has 112 valence electrons. The lowest BCUT2D eigenvalue weighted by Crippen LogP contribution is -2.30. The summed E-state index contributed by atoms with van der Waals surface area (Å²) in [7, 11) is 2.17. The van der Waals surface area contributed by atoms with E-state index < -0.39 is 0 Å². The highest BCUT2D eigenvalue weighted by molar-refractivity contribution is 5.71. The van der Waals surface area contributed by atoms with Gasteiger partial charge in [-0.15, -0.1) is 0 Å². The highest BCUT2D eigenvalue weighted by Crippen LogP contribution is 2.27. The van der Waals surface area contributed by atoms with Gasteiger partial charge in [0.25, 0.3) is 0 Å². The van der Waals surface area contributed by atoms with Crippen LogP contribution in [0, 0.1) is 0 Å². The molecule has 0 saturated heterocycles. The molecule has 2 nitrogen and oxygen atoms in total. The normalized spacial score (nSPS) is 17.2. The molecular formula is C20H22N2. The Morgan fingerprint density at radius 3 is 2.82 bits per heavy atom. The molecule has 22 heavy (non-hydrogen) atoms. The predicted octanol–water partition coefficient (Wildman–Crippen LogP) is 3.71. The lowest BCUT2D eigenvalue weighted by Gasteiger charge is -2.30. The summed E-state index contributed by atoms with van der Waals surface area (Å²) in [6, 6.07) is 15.8. The highest BCUT2D eigenvalue weighted by atomic mass is 15.1. The number of benzene rings is 2. The molecule has 0 bridgehead atoms. The van der Waals surface area contributed by atoms with Crippen molar-refractivity contribution in [2.24, 2.45) is 0 Å². The van der Waals surface area contributed by atoms with Crippen LogP contribution in [-0.4, -0.2) is 25.0 Å². The number of fused-ring (bicyclic) bond motifs is 2. The molecule has 0 fully saturated rings. The smallest absolute Gasteiger partial charge is 0.0443 e. The van der Waals surface area contributed by atoms with Crippen LogP contribution in [-0.2, 0) is 19.5 Å². The number of likely N-dealkylation sites (N-methyl/N-ethyl adjacent to an activating group) is 1. The SMILES string of the molecule is CN1CC=Cc2ccc(CN3CCc4ccccc4C3)cc21. The maximum Gasteiger partial charge on any atom is 0.0443 e. The molecule has 0 atom stereocenters. The van der Waals surface area contributed by atoms with E-state index in [4.69, 9.17) is 0 Å². The van der Waals surface area contributed by atoms with Crippen molar-refractivity contribution < 1.29 is 0 Å². The molecule has 0 N–H and O–H groups in total. The maximum absolute atomic E-state index is 2.56. The molecule has 2 heterocycles. The Bertz CT molecular complexity index is 717. The topological polar surface area (TPSA) is 6.48 Å². The van der Waals surface area contributed by atoms with Crippen molar-refractivity contribution in [1.82, 2.24) is 4.90 Å². The van der Waals surface area contributed by atoms with Gasteiger partial charge >= 0.3 is 0 Å². The molecule has 0 unspecified atom stereocenters. The van der Waals surface area contributed by atoms with Gasteiger partial charge in [-0.05, 0) is 34.7 Å². The van der Waals surface area contributed by atoms with Gasteiger partial charge in [-0.2, -0.15) is 0 Å². The minimum Gasteiger partial charge on any atom is -0.370 e. The Hall–Kier alpha value is -2.06. The standard InChI is InChI=1S/C20H22N2/c1-21-11-4-7-18-9-8-16(13-20(18)21)14-22-12-10-17-5-2-3-6-19(17)15-22/h2-9,13H,10-12,14-15H2,1H3. The lowest BCUT2D eigenvalue weighted by molar-refractivity contribution is 0.245. The molecule has 4 rings (SSSR count). The molecule has 0 spiro atoms. The van der Waals surface area contributed by atoms with Crippen LogP contribution in [0.4, 0.5) is 5.69 Å². The van der Waals surface area contributed by atoms with Crippen molar-refractivity contribution in [2.45, 2.75) is 19.5 Å². The molecule has 0 saturated carbocycles. The second-order valence-corrected chi connectivity index (χ2v) is 6.41. The van der Waals surface area contributed by atoms with Crippen molar-refractivity contribution in [1.29, 1.82) is 0 Å². The van der Waals surface area contributed by atoms with Crippen LogP contribution in [0.1, 0.15) is 22.3 Å². The summed E-state index contributed by atoms with van der Waals surface area (Å²) in [6.07, 6.45) is 5.63. The van der Waals surface area contributed by atoms with Crippen LogP contribution in [0.15, 0.2) is 48.5 Å². The zero-order valence-corrected chi connectivity index (χ0v) is 13.1. The summed E-state index contributed by atoms with van der Waals surface area (Å²) < 4.78 is 0. The predicted molar refractivity (Wildman–Crippen MR) is 93.0 cm³/mol. The van der Waals surface area contributed by atoms with Crippen molar-refractivity contribution >= 4 is 11.8 Å². The molecule has 0 radical (unpaired) electrons. The summed E-state index contributed by atoms with van der Waals surface area (Å²) >= 11 is 0. The van der Waals surface area contributed by atoms with Gasteiger partial charge in [0.1, 0.15) is 0 Å². The van der Waals surface area contributed by atoms with Crippen molar-refractivity contribution in [2.75, 3.05) is 25.0 Å². The van der Waals surface area contributed by atoms with Crippen molar-refractivity contribution in [3.05, 3.63) is 70.8 Å². The number of hydrogen-bond acceptors (Lipinski definition) is 2. The van der Waals surface area contributed by atoms with E-state index in [1.807, 2.05) is 0 Å². The Labute approximate surface area is 132 Å². The average Bonchev–Trinajstić information content (AvgIpc) is 2.56. The van der Waals surface area contributed by atoms with E-state index in [0.29, 0.717) is 0 Å². The molecular weight excluding hydrogens is 268 g/mol. The number of anilines is 1. The fourth-order valence-electron chi connectivity index (χ4n) is 3.54. The van der Waals surface area contributed by atoms with E-state index >= 15 is 0 Å². The summed E-state index contributed by atoms with van der Waals surface area (Å²) in [5.74, 6) is 0. The summed E-state index contributed by atoms with van der Waals surface area (Å²) in [5, 5.41) is 0. The van der Waals surface area contributed by atoms with Gasteiger partial charge in [0.05, 0.1) is 0 Å². The molecule has 2 heteroatoms. The van der Waals surface area contributed by atoms with Crippen LogP contribution in [0.2, 0.25) is 0 Å². The molecule has 0 aromatic heterocycles. The zero-order valence-electron chi connectivity index (χ0n) is 13.1. The third kappa shape index (κ3) is 2.55. The van der Waals surface area contributed by atoms with Gasteiger partial charge in [0, 0.05) is 38.9 Å². The largest absolute Gasteiger partial charge is 0.370 e. The third-order valence-electron chi connectivity index (χ3n) is 4.80. The van der Waals surface area contributed by atoms with Gasteiger partial charge in [-0.3, -0.25) is 4.90 Å². The van der Waals surface area contributed by atoms with Gasteiger partial charge in [-0.25, -0.2) is 0 Å². The van der Waals surface area contributed by atoms with Crippen LogP contribution >= 0.6 is 0 Å². The van der Waals surface area contributed by atoms with E-state index in [-0.39, 0.29) is 0 Å². The monoisotopic (exact) mass is 290 g/mol. The first-order valence-corrected chi connectivity index (χ1v) is 8.09. The number of rotatable bonds is 2. The van der Waals surface area contributed by atoms with Crippen LogP contribution in [0.25, 0.3) is 6.08 Å². The van der Waals surface area contributed by atoms with E-state index in [1.165, 1.54) is 34.4 Å². The molecule has 2 aromatic rings. The Kier molecular flexibility index (Phi) is 3.47. The number of nitrogens with zero attached hydrogens (tertiary/aromatic N) is 2. The van der Waals surface area contributed by atoms with Crippen LogP contribution < -0.4 is 4.90 Å². The molecule has 2 aliphatic rings. The third-order valence-corrected chi connectivity index (χ3v) is 4.80. The first kappa shape index (κ1) is 13.6. The molecule has 0 amide bonds. The van der Waals surface area contributed by atoms with Gasteiger partial charge in [0.2, 0.25) is 0 Å². The number of hydrogen-bond donors (Lipinski definition) is 0. The highest BCUT2D eigenvalue weighted by Gasteiger charge is 2.17. The Morgan fingerprint density at radius 1 is 1.05 bits per heavy atom. The van der Waals surface area contributed by atoms with E-state index in [0.717, 1.165) is 26.2 Å². The van der Waals surface area contributed by atoms with Gasteiger partial charge in [0.15, 0.2) is 0 Å². The van der Waals surface area contributed by atoms with Crippen molar-refractivity contribution in [3.63, 3.8) is 0 Å². The maximum atomic E-state index is 2.56. The lowest BCUT2D eigenvalue weighted by atomic mass is 9.99. The molecule has 2 aliphatic heterocycles. The molecule has 0 aliphatic carbocycles. The van der Waals surface area contributed by atoms with E-state index in [1.54, 1.807) is 0 Å². The first-order valence-electron chi connectivity index (χ1n) is 8.09. The minimum atomic E-state index is 1.01. The summed E-state index contributed by atoms with van der Waals surface area (Å²) in [5.41, 5.74) is 7.13. The van der Waals surface area contributed by atoms with E-state index in [2.05, 4.69) is 71.5 Å². The second-order valence-electron chi connectivity index (χ2n) is 6.41. The van der Waals surface area contributed by atoms with E-state index in [9.17, 15) is 0 Å². The summed E-state index contributed by atoms with van der Waals surface area (Å²) in [6.45, 7) is 4.28.